The van der Waals surface area contributed by atoms with Gasteiger partial charge in [0, 0.05) is 23.2 Å². The largest absolute Gasteiger partial charge is 0.240 e. The Labute approximate surface area is 98.6 Å². The summed E-state index contributed by atoms with van der Waals surface area (Å²) in [4.78, 5) is 2.67. The summed E-state index contributed by atoms with van der Waals surface area (Å²) in [6, 6.07) is 9.87. The average molecular weight is 225 g/mol. The van der Waals surface area contributed by atoms with Crippen LogP contribution in [0.25, 0.3) is 22.2 Å². The molecule has 0 atom stereocenters. The van der Waals surface area contributed by atoms with Crippen LogP contribution in [0.1, 0.15) is 5.56 Å². The van der Waals surface area contributed by atoms with Gasteiger partial charge in [0.25, 0.3) is 0 Å². The third-order valence-corrected chi connectivity index (χ3v) is 2.18. The number of benzene rings is 1. The lowest BCUT2D eigenvalue weighted by Crippen LogP contribution is -1.92. The van der Waals surface area contributed by atoms with E-state index < -0.39 is 0 Å². The zero-order chi connectivity index (χ0) is 11.9. The minimum atomic E-state index is 0.354. The van der Waals surface area contributed by atoms with Gasteiger partial charge in [-0.3, -0.25) is 0 Å². The molecule has 0 aliphatic rings. The molecule has 0 spiro atoms. The van der Waals surface area contributed by atoms with Crippen molar-refractivity contribution in [1.82, 2.24) is 9.78 Å². The number of hydrogen-bond donors (Lipinski definition) is 0. The number of rotatable bonds is 4. The predicted octanol–water partition coefficient (Wildman–Crippen LogP) is 3.20. The van der Waals surface area contributed by atoms with E-state index in [0.717, 1.165) is 11.3 Å². The molecule has 0 aliphatic heterocycles. The maximum Gasteiger partial charge on any atom is 0.0645 e. The molecule has 2 rings (SSSR count). The van der Waals surface area contributed by atoms with Crippen LogP contribution in [0.15, 0.2) is 53.9 Å². The van der Waals surface area contributed by atoms with E-state index in [2.05, 4.69) is 15.1 Å². The monoisotopic (exact) mass is 225 g/mol. The van der Waals surface area contributed by atoms with Crippen molar-refractivity contribution in [3.63, 3.8) is 0 Å². The molecule has 0 saturated carbocycles. The number of para-hydroxylation sites is 1. The lowest BCUT2D eigenvalue weighted by molar-refractivity contribution is 0.880. The Morgan fingerprint density at radius 3 is 2.94 bits per heavy atom. The van der Waals surface area contributed by atoms with Crippen molar-refractivity contribution < 1.29 is 0 Å². The van der Waals surface area contributed by atoms with Crippen LogP contribution in [0, 0.1) is 0 Å². The van der Waals surface area contributed by atoms with Crippen molar-refractivity contribution in [2.45, 2.75) is 0 Å². The van der Waals surface area contributed by atoms with Crippen molar-refractivity contribution >= 4 is 6.08 Å². The first kappa shape index (κ1) is 11.0. The van der Waals surface area contributed by atoms with Gasteiger partial charge in [-0.1, -0.05) is 35.5 Å². The van der Waals surface area contributed by atoms with Crippen LogP contribution in [-0.2, 0) is 0 Å². The zero-order valence-corrected chi connectivity index (χ0v) is 9.14. The normalized spacial score (nSPS) is 10.4. The molecule has 17 heavy (non-hydrogen) atoms. The lowest BCUT2D eigenvalue weighted by Gasteiger charge is -1.98. The quantitative estimate of drug-likeness (QED) is 0.447. The smallest absolute Gasteiger partial charge is 0.0645 e. The van der Waals surface area contributed by atoms with Gasteiger partial charge in [0.15, 0.2) is 0 Å². The predicted molar refractivity (Wildman–Crippen MR) is 66.6 cm³/mol. The van der Waals surface area contributed by atoms with E-state index >= 15 is 0 Å². The SMILES string of the molecule is [N-]=[N+]=NCC=Cc1cnn(-c2ccccc2)c1. The average Bonchev–Trinajstić information content (AvgIpc) is 2.85. The van der Waals surface area contributed by atoms with Gasteiger partial charge in [-0.25, -0.2) is 4.68 Å². The molecule has 0 aliphatic carbocycles. The molecule has 1 heterocycles. The van der Waals surface area contributed by atoms with E-state index in [1.165, 1.54) is 0 Å². The van der Waals surface area contributed by atoms with E-state index in [1.54, 1.807) is 17.0 Å². The highest BCUT2D eigenvalue weighted by Gasteiger charge is 1.96. The Kier molecular flexibility index (Phi) is 3.57. The van der Waals surface area contributed by atoms with Gasteiger partial charge in [0.2, 0.25) is 0 Å². The molecule has 1 aromatic heterocycles. The van der Waals surface area contributed by atoms with Crippen LogP contribution >= 0.6 is 0 Å². The summed E-state index contributed by atoms with van der Waals surface area (Å²) in [6.07, 6.45) is 7.36. The first-order chi connectivity index (χ1) is 8.40. The second-order valence-corrected chi connectivity index (χ2v) is 3.37. The first-order valence-electron chi connectivity index (χ1n) is 5.17. The van der Waals surface area contributed by atoms with Crippen molar-refractivity contribution in [3.05, 3.63) is 64.8 Å². The molecule has 0 unspecified atom stereocenters. The number of nitrogens with zero attached hydrogens (tertiary/aromatic N) is 5. The minimum absolute atomic E-state index is 0.354. The summed E-state index contributed by atoms with van der Waals surface area (Å²) in [5.41, 5.74) is 10.1. The van der Waals surface area contributed by atoms with Gasteiger partial charge in [0.1, 0.15) is 0 Å². The molecule has 0 saturated heterocycles. The molecular weight excluding hydrogens is 214 g/mol. The van der Waals surface area contributed by atoms with E-state index in [1.807, 2.05) is 42.6 Å². The van der Waals surface area contributed by atoms with E-state index in [9.17, 15) is 0 Å². The molecule has 0 bridgehead atoms. The van der Waals surface area contributed by atoms with Gasteiger partial charge in [-0.15, -0.1) is 0 Å². The van der Waals surface area contributed by atoms with Crippen molar-refractivity contribution in [3.8, 4) is 5.69 Å². The molecule has 1 aromatic carbocycles. The summed E-state index contributed by atoms with van der Waals surface area (Å²) in [6.45, 7) is 0.354. The van der Waals surface area contributed by atoms with Crippen LogP contribution in [0.3, 0.4) is 0 Å². The van der Waals surface area contributed by atoms with Crippen LogP contribution in [-0.4, -0.2) is 16.3 Å². The van der Waals surface area contributed by atoms with Gasteiger partial charge in [-0.2, -0.15) is 5.10 Å². The molecule has 5 heteroatoms. The Morgan fingerprint density at radius 1 is 1.35 bits per heavy atom. The summed E-state index contributed by atoms with van der Waals surface area (Å²) < 4.78 is 1.80. The van der Waals surface area contributed by atoms with Gasteiger partial charge < -0.3 is 0 Å². The Balaban J connectivity index is 2.11. The second kappa shape index (κ2) is 5.53. The first-order valence-corrected chi connectivity index (χ1v) is 5.17. The second-order valence-electron chi connectivity index (χ2n) is 3.37. The fourth-order valence-corrected chi connectivity index (χ4v) is 1.42. The molecule has 0 radical (unpaired) electrons. The lowest BCUT2D eigenvalue weighted by atomic mass is 10.3. The molecule has 0 amide bonds. The van der Waals surface area contributed by atoms with Gasteiger partial charge in [-0.05, 0) is 17.7 Å². The molecule has 84 valence electrons. The number of hydrogen-bond acceptors (Lipinski definition) is 2. The molecule has 0 N–H and O–H groups in total. The fraction of sp³-hybridized carbons (Fsp3) is 0.0833. The van der Waals surface area contributed by atoms with Crippen LogP contribution in [0.2, 0.25) is 0 Å². The topological polar surface area (TPSA) is 66.6 Å². The summed E-state index contributed by atoms with van der Waals surface area (Å²) in [5.74, 6) is 0. The number of aromatic nitrogens is 2. The minimum Gasteiger partial charge on any atom is -0.240 e. The molecule has 0 fully saturated rings. The standard InChI is InChI=1S/C12H11N5/c13-16-14-8-4-5-11-9-15-17(10-11)12-6-2-1-3-7-12/h1-7,9-10H,8H2. The molecule has 2 aromatic rings. The van der Waals surface area contributed by atoms with Crippen LogP contribution in [0.5, 0.6) is 0 Å². The Morgan fingerprint density at radius 2 is 2.18 bits per heavy atom. The third kappa shape index (κ3) is 2.96. The zero-order valence-electron chi connectivity index (χ0n) is 9.14. The highest BCUT2D eigenvalue weighted by Crippen LogP contribution is 2.08. The van der Waals surface area contributed by atoms with E-state index in [0.29, 0.717) is 6.54 Å². The van der Waals surface area contributed by atoms with E-state index in [-0.39, 0.29) is 0 Å². The van der Waals surface area contributed by atoms with Crippen LogP contribution in [0.4, 0.5) is 0 Å². The van der Waals surface area contributed by atoms with Gasteiger partial charge >= 0.3 is 0 Å². The highest BCUT2D eigenvalue weighted by molar-refractivity contribution is 5.48. The van der Waals surface area contributed by atoms with E-state index in [4.69, 9.17) is 5.53 Å². The van der Waals surface area contributed by atoms with Crippen molar-refractivity contribution in [2.75, 3.05) is 6.54 Å². The fourth-order valence-electron chi connectivity index (χ4n) is 1.42. The maximum atomic E-state index is 8.12. The van der Waals surface area contributed by atoms with Crippen LogP contribution < -0.4 is 0 Å². The summed E-state index contributed by atoms with van der Waals surface area (Å²) >= 11 is 0. The van der Waals surface area contributed by atoms with Crippen molar-refractivity contribution in [2.24, 2.45) is 5.11 Å². The van der Waals surface area contributed by atoms with Gasteiger partial charge in [0.05, 0.1) is 11.9 Å². The summed E-state index contributed by atoms with van der Waals surface area (Å²) in [5, 5.41) is 7.67. The van der Waals surface area contributed by atoms with Crippen molar-refractivity contribution in [1.29, 1.82) is 0 Å². The highest BCUT2D eigenvalue weighted by atomic mass is 15.3. The summed E-state index contributed by atoms with van der Waals surface area (Å²) in [7, 11) is 0. The number of azide groups is 1. The maximum absolute atomic E-state index is 8.12. The third-order valence-electron chi connectivity index (χ3n) is 2.18. The molecular formula is C12H11N5. The Bertz CT molecular complexity index is 549. The molecule has 5 nitrogen and oxygen atoms in total. The Hall–Kier alpha value is -2.52.